The number of likely N-dealkylation sites (tertiary alicyclic amines) is 1. The first-order valence-corrected chi connectivity index (χ1v) is 15.0. The summed E-state index contributed by atoms with van der Waals surface area (Å²) in [5.74, 6) is 0.485. The zero-order chi connectivity index (χ0) is 29.8. The molecule has 0 spiro atoms. The van der Waals surface area contributed by atoms with Crippen molar-refractivity contribution < 1.29 is 14.3 Å². The van der Waals surface area contributed by atoms with Gasteiger partial charge in [0.1, 0.15) is 17.5 Å². The molecule has 3 aromatic rings. The lowest BCUT2D eigenvalue weighted by molar-refractivity contribution is 0.0358. The van der Waals surface area contributed by atoms with Crippen LogP contribution in [0, 0.1) is 22.7 Å². The Kier molecular flexibility index (Phi) is 8.35. The Morgan fingerprint density at radius 2 is 1.49 bits per heavy atom. The number of benzene rings is 2. The van der Waals surface area contributed by atoms with Crippen molar-refractivity contribution in [3.63, 3.8) is 0 Å². The zero-order valence-corrected chi connectivity index (χ0v) is 24.0. The second-order valence-corrected chi connectivity index (χ2v) is 11.7. The molecule has 218 valence electrons. The average Bonchev–Trinajstić information content (AvgIpc) is 3.32. The molecule has 9 nitrogen and oxygen atoms in total. The normalized spacial score (nSPS) is 21.9. The third kappa shape index (κ3) is 6.53. The molecule has 2 bridgehead atoms. The van der Waals surface area contributed by atoms with Gasteiger partial charge in [-0.1, -0.05) is 12.1 Å². The van der Waals surface area contributed by atoms with Crippen LogP contribution in [0.3, 0.4) is 0 Å². The summed E-state index contributed by atoms with van der Waals surface area (Å²) >= 11 is 0. The molecule has 6 rings (SSSR count). The van der Waals surface area contributed by atoms with Gasteiger partial charge in [0.25, 0.3) is 11.8 Å². The summed E-state index contributed by atoms with van der Waals surface area (Å²) in [5, 5.41) is 21.1. The maximum atomic E-state index is 13.5. The van der Waals surface area contributed by atoms with Crippen LogP contribution in [0.15, 0.2) is 66.9 Å². The molecule has 0 unspecified atom stereocenters. The molecule has 3 atom stereocenters. The maximum Gasteiger partial charge on any atom is 0.270 e. The second-order valence-electron chi connectivity index (χ2n) is 11.7. The molecular formula is C34H34N6O3. The Hall–Kier alpha value is -4.73. The van der Waals surface area contributed by atoms with Crippen molar-refractivity contribution in [2.45, 2.75) is 69.3 Å². The molecule has 3 aliphatic heterocycles. The van der Waals surface area contributed by atoms with Crippen molar-refractivity contribution in [1.29, 1.82) is 10.5 Å². The SMILES string of the molecule is N#Cc1ccc(CN2CCC(NC(=O)c3ccc(C(=O)N4[C@@H]5CC[C@H]4C[C@H](Oc4ccc(C#N)cc4)C5)cn3)CC2)cc1. The van der Waals surface area contributed by atoms with Crippen molar-refractivity contribution in [2.24, 2.45) is 0 Å². The van der Waals surface area contributed by atoms with Crippen LogP contribution in [0.2, 0.25) is 0 Å². The van der Waals surface area contributed by atoms with Crippen LogP contribution in [0.1, 0.15) is 76.1 Å². The highest BCUT2D eigenvalue weighted by Gasteiger charge is 2.44. The molecule has 0 saturated carbocycles. The average molecular weight is 575 g/mol. The summed E-state index contributed by atoms with van der Waals surface area (Å²) in [7, 11) is 0. The fourth-order valence-electron chi connectivity index (χ4n) is 6.60. The number of amides is 2. The van der Waals surface area contributed by atoms with E-state index in [4.69, 9.17) is 15.3 Å². The minimum atomic E-state index is -0.217. The maximum absolute atomic E-state index is 13.5. The molecule has 1 aromatic heterocycles. The van der Waals surface area contributed by atoms with E-state index in [-0.39, 0.29) is 36.0 Å². The van der Waals surface area contributed by atoms with Crippen molar-refractivity contribution >= 4 is 11.8 Å². The largest absolute Gasteiger partial charge is 0.490 e. The van der Waals surface area contributed by atoms with Crippen LogP contribution in [0.4, 0.5) is 0 Å². The van der Waals surface area contributed by atoms with E-state index in [1.54, 1.807) is 24.3 Å². The Labute approximate surface area is 251 Å². The standard InChI is InChI=1S/C34H34N6O3/c35-19-23-1-3-25(4-2-23)22-39-15-13-27(14-16-39)38-33(41)32-12-7-26(21-37-32)34(42)40-28-8-9-29(40)18-31(17-28)43-30-10-5-24(20-36)6-11-30/h1-7,10-12,21,27-29,31H,8-9,13-18,22H2,(H,38,41)/t28-,29+,31-. The molecule has 0 radical (unpaired) electrons. The topological polar surface area (TPSA) is 122 Å². The van der Waals surface area contributed by atoms with Crippen LogP contribution >= 0.6 is 0 Å². The van der Waals surface area contributed by atoms with Gasteiger partial charge >= 0.3 is 0 Å². The smallest absolute Gasteiger partial charge is 0.270 e. The third-order valence-corrected chi connectivity index (χ3v) is 8.87. The third-order valence-electron chi connectivity index (χ3n) is 8.87. The number of aromatic nitrogens is 1. The van der Waals surface area contributed by atoms with E-state index in [0.717, 1.165) is 63.9 Å². The Morgan fingerprint density at radius 1 is 0.860 bits per heavy atom. The predicted octanol–water partition coefficient (Wildman–Crippen LogP) is 4.43. The van der Waals surface area contributed by atoms with Gasteiger partial charge in [-0.25, -0.2) is 0 Å². The lowest BCUT2D eigenvalue weighted by Crippen LogP contribution is -2.49. The summed E-state index contributed by atoms with van der Waals surface area (Å²) in [6.45, 7) is 2.58. The minimum absolute atomic E-state index is 0.0292. The number of rotatable bonds is 7. The van der Waals surface area contributed by atoms with E-state index < -0.39 is 0 Å². The van der Waals surface area contributed by atoms with Crippen molar-refractivity contribution in [3.05, 3.63) is 94.8 Å². The van der Waals surface area contributed by atoms with Crippen molar-refractivity contribution in [2.75, 3.05) is 13.1 Å². The van der Waals surface area contributed by atoms with Gasteiger partial charge in [-0.2, -0.15) is 10.5 Å². The van der Waals surface area contributed by atoms with E-state index in [1.165, 1.54) is 11.8 Å². The molecule has 9 heteroatoms. The number of fused-ring (bicyclic) bond motifs is 2. The summed E-state index contributed by atoms with van der Waals surface area (Å²) in [4.78, 5) is 35.1. The fraction of sp³-hybridized carbons (Fsp3) is 0.382. The molecule has 3 aliphatic rings. The minimum Gasteiger partial charge on any atom is -0.490 e. The summed E-state index contributed by atoms with van der Waals surface area (Å²) in [6.07, 6.45) is 6.69. The molecule has 0 aliphatic carbocycles. The zero-order valence-electron chi connectivity index (χ0n) is 24.0. The predicted molar refractivity (Wildman–Crippen MR) is 159 cm³/mol. The number of pyridine rings is 1. The van der Waals surface area contributed by atoms with E-state index in [9.17, 15) is 9.59 Å². The lowest BCUT2D eigenvalue weighted by Gasteiger charge is -2.39. The molecule has 2 aromatic carbocycles. The van der Waals surface area contributed by atoms with Crippen LogP contribution < -0.4 is 10.1 Å². The van der Waals surface area contributed by atoms with Crippen molar-refractivity contribution in [1.82, 2.24) is 20.1 Å². The van der Waals surface area contributed by atoms with Gasteiger partial charge in [-0.3, -0.25) is 19.5 Å². The van der Waals surface area contributed by atoms with Crippen molar-refractivity contribution in [3.8, 4) is 17.9 Å². The first-order valence-electron chi connectivity index (χ1n) is 15.0. The second kappa shape index (κ2) is 12.6. The van der Waals surface area contributed by atoms with E-state index in [2.05, 4.69) is 27.3 Å². The number of carbonyl (C=O) groups is 2. The molecule has 3 saturated heterocycles. The van der Waals surface area contributed by atoms with Gasteiger partial charge in [-0.05, 0) is 79.8 Å². The van der Waals surface area contributed by atoms with E-state index in [1.807, 2.05) is 41.3 Å². The number of nitrogens with zero attached hydrogens (tertiary/aromatic N) is 5. The Balaban J connectivity index is 0.983. The van der Waals surface area contributed by atoms with Crippen LogP contribution in [-0.2, 0) is 6.54 Å². The number of piperidine rings is 2. The number of carbonyl (C=O) groups excluding carboxylic acids is 2. The highest BCUT2D eigenvalue weighted by atomic mass is 16.5. The Morgan fingerprint density at radius 3 is 2.07 bits per heavy atom. The van der Waals surface area contributed by atoms with Gasteiger partial charge < -0.3 is 15.0 Å². The van der Waals surface area contributed by atoms with E-state index in [0.29, 0.717) is 22.4 Å². The van der Waals surface area contributed by atoms with Crippen LogP contribution in [-0.4, -0.2) is 63.9 Å². The first kappa shape index (κ1) is 28.4. The van der Waals surface area contributed by atoms with Gasteiger partial charge in [-0.15, -0.1) is 0 Å². The number of ether oxygens (including phenoxy) is 1. The molecule has 1 N–H and O–H groups in total. The molecule has 3 fully saturated rings. The van der Waals surface area contributed by atoms with Gasteiger partial charge in [0.2, 0.25) is 0 Å². The Bertz CT molecular complexity index is 1520. The lowest BCUT2D eigenvalue weighted by atomic mass is 9.98. The molecule has 43 heavy (non-hydrogen) atoms. The summed E-state index contributed by atoms with van der Waals surface area (Å²) in [5.41, 5.74) is 3.25. The number of nitrogens with one attached hydrogen (secondary N) is 1. The number of nitriles is 2. The molecule has 4 heterocycles. The fourth-order valence-corrected chi connectivity index (χ4v) is 6.60. The number of hydrogen-bond donors (Lipinski definition) is 1. The highest BCUT2D eigenvalue weighted by Crippen LogP contribution is 2.38. The summed E-state index contributed by atoms with van der Waals surface area (Å²) < 4.78 is 6.20. The van der Waals surface area contributed by atoms with Gasteiger partial charge in [0.15, 0.2) is 0 Å². The summed E-state index contributed by atoms with van der Waals surface area (Å²) in [6, 6.07) is 22.7. The van der Waals surface area contributed by atoms with Gasteiger partial charge in [0.05, 0.1) is 28.8 Å². The van der Waals surface area contributed by atoms with Crippen LogP contribution in [0.25, 0.3) is 0 Å². The molecular weight excluding hydrogens is 540 g/mol. The van der Waals surface area contributed by atoms with Gasteiger partial charge in [0, 0.05) is 56.8 Å². The quantitative estimate of drug-likeness (QED) is 0.443. The molecule has 2 amide bonds. The van der Waals surface area contributed by atoms with E-state index >= 15 is 0 Å². The first-order chi connectivity index (χ1) is 21.0. The monoisotopic (exact) mass is 574 g/mol. The van der Waals surface area contributed by atoms with Crippen LogP contribution in [0.5, 0.6) is 5.75 Å². The number of hydrogen-bond acceptors (Lipinski definition) is 7. The highest BCUT2D eigenvalue weighted by molar-refractivity contribution is 5.96.